The summed E-state index contributed by atoms with van der Waals surface area (Å²) in [5, 5.41) is 0. The van der Waals surface area contributed by atoms with Crippen LogP contribution in [0.2, 0.25) is 0 Å². The van der Waals surface area contributed by atoms with Gasteiger partial charge in [0, 0.05) is 18.4 Å². The molecule has 0 radical (unpaired) electrons. The number of rotatable bonds is 2. The molecule has 76 valence electrons. The average molecular weight is 192 g/mol. The van der Waals surface area contributed by atoms with Crippen LogP contribution in [0.4, 0.5) is 0 Å². The van der Waals surface area contributed by atoms with E-state index in [-0.39, 0.29) is 6.29 Å². The summed E-state index contributed by atoms with van der Waals surface area (Å²) in [4.78, 5) is 0. The normalized spacial score (nSPS) is 44.9. The smallest absolute Gasteiger partial charge is 0.158 e. The van der Waals surface area contributed by atoms with Crippen molar-refractivity contribution in [1.82, 2.24) is 0 Å². The van der Waals surface area contributed by atoms with Gasteiger partial charge in [0.25, 0.3) is 0 Å². The molecule has 2 bridgehead atoms. The first-order chi connectivity index (χ1) is 6.93. The molecule has 0 N–H and O–H groups in total. The zero-order chi connectivity index (χ0) is 9.38. The molecule has 1 fully saturated rings. The average Bonchev–Trinajstić information content (AvgIpc) is 2.80. The summed E-state index contributed by atoms with van der Waals surface area (Å²) in [5.41, 5.74) is 0. The molecule has 1 atom stereocenters. The van der Waals surface area contributed by atoms with Gasteiger partial charge in [-0.05, 0) is 19.3 Å². The maximum absolute atomic E-state index is 5.99. The molecule has 0 aromatic rings. The molecule has 14 heavy (non-hydrogen) atoms. The van der Waals surface area contributed by atoms with Gasteiger partial charge in [-0.3, -0.25) is 0 Å². The summed E-state index contributed by atoms with van der Waals surface area (Å²) in [6, 6.07) is 0. The molecule has 0 saturated carbocycles. The molecule has 3 rings (SSSR count). The highest BCUT2D eigenvalue weighted by molar-refractivity contribution is 5.26. The van der Waals surface area contributed by atoms with Gasteiger partial charge in [0.1, 0.15) is 0 Å². The van der Waals surface area contributed by atoms with Crippen LogP contribution in [0.5, 0.6) is 0 Å². The second-order valence-electron chi connectivity index (χ2n) is 4.32. The van der Waals surface area contributed by atoms with E-state index in [1.54, 1.807) is 0 Å². The Balaban J connectivity index is 1.58. The molecule has 0 amide bonds. The van der Waals surface area contributed by atoms with Crippen molar-refractivity contribution >= 4 is 0 Å². The molecule has 1 aliphatic heterocycles. The minimum Gasteiger partial charge on any atom is -0.353 e. The molecular weight excluding hydrogens is 176 g/mol. The van der Waals surface area contributed by atoms with Crippen molar-refractivity contribution in [3.63, 3.8) is 0 Å². The van der Waals surface area contributed by atoms with E-state index >= 15 is 0 Å². The standard InChI is InChI=1S/C12H16O2/c1-2-8-13-11(3-1)14-12-9-4-5-10(12)7-6-9/h4-7,9-12H,1-3,8H2. The summed E-state index contributed by atoms with van der Waals surface area (Å²) in [5.74, 6) is 1.01. The number of hydrogen-bond donors (Lipinski definition) is 0. The maximum Gasteiger partial charge on any atom is 0.158 e. The molecule has 1 unspecified atom stereocenters. The van der Waals surface area contributed by atoms with Gasteiger partial charge in [-0.2, -0.15) is 0 Å². The van der Waals surface area contributed by atoms with Crippen LogP contribution in [0.15, 0.2) is 24.3 Å². The quantitative estimate of drug-likeness (QED) is 0.625. The van der Waals surface area contributed by atoms with Crippen LogP contribution in [0.1, 0.15) is 19.3 Å². The molecule has 3 aliphatic rings. The lowest BCUT2D eigenvalue weighted by Gasteiger charge is -2.28. The number of ether oxygens (including phenoxy) is 2. The predicted octanol–water partition coefficient (Wildman–Crippen LogP) is 2.27. The van der Waals surface area contributed by atoms with E-state index in [4.69, 9.17) is 9.47 Å². The van der Waals surface area contributed by atoms with Crippen LogP contribution in [0, 0.1) is 11.8 Å². The Kier molecular flexibility index (Phi) is 2.18. The summed E-state index contributed by atoms with van der Waals surface area (Å²) in [6.45, 7) is 0.869. The fourth-order valence-corrected chi connectivity index (χ4v) is 2.51. The Morgan fingerprint density at radius 2 is 1.71 bits per heavy atom. The monoisotopic (exact) mass is 192 g/mol. The van der Waals surface area contributed by atoms with E-state index in [1.165, 1.54) is 12.8 Å². The van der Waals surface area contributed by atoms with Crippen molar-refractivity contribution in [1.29, 1.82) is 0 Å². The molecule has 0 aromatic carbocycles. The first-order valence-corrected chi connectivity index (χ1v) is 5.57. The van der Waals surface area contributed by atoms with E-state index < -0.39 is 0 Å². The van der Waals surface area contributed by atoms with E-state index in [0.29, 0.717) is 17.9 Å². The molecule has 2 nitrogen and oxygen atoms in total. The van der Waals surface area contributed by atoms with Crippen LogP contribution in [-0.2, 0) is 9.47 Å². The highest BCUT2D eigenvalue weighted by atomic mass is 16.7. The molecule has 0 aromatic heterocycles. The second kappa shape index (κ2) is 3.52. The van der Waals surface area contributed by atoms with Crippen LogP contribution >= 0.6 is 0 Å². The minimum absolute atomic E-state index is 0.0542. The van der Waals surface area contributed by atoms with Crippen molar-refractivity contribution in [3.8, 4) is 0 Å². The molecule has 1 heterocycles. The molecule has 0 spiro atoms. The van der Waals surface area contributed by atoms with E-state index in [9.17, 15) is 0 Å². The Hall–Kier alpha value is -0.600. The number of hydrogen-bond acceptors (Lipinski definition) is 2. The zero-order valence-electron chi connectivity index (χ0n) is 8.26. The van der Waals surface area contributed by atoms with E-state index in [0.717, 1.165) is 13.0 Å². The van der Waals surface area contributed by atoms with Gasteiger partial charge in [0.15, 0.2) is 6.29 Å². The second-order valence-corrected chi connectivity index (χ2v) is 4.32. The first-order valence-electron chi connectivity index (χ1n) is 5.57. The number of fused-ring (bicyclic) bond motifs is 2. The molecule has 1 saturated heterocycles. The van der Waals surface area contributed by atoms with Crippen molar-refractivity contribution in [2.45, 2.75) is 31.7 Å². The molecule has 2 aliphatic carbocycles. The fourth-order valence-electron chi connectivity index (χ4n) is 2.51. The van der Waals surface area contributed by atoms with Crippen LogP contribution in [-0.4, -0.2) is 19.0 Å². The van der Waals surface area contributed by atoms with Crippen LogP contribution in [0.3, 0.4) is 0 Å². The molecule has 2 heteroatoms. The lowest BCUT2D eigenvalue weighted by molar-refractivity contribution is -0.193. The predicted molar refractivity (Wildman–Crippen MR) is 53.7 cm³/mol. The lowest BCUT2D eigenvalue weighted by atomic mass is 10.1. The van der Waals surface area contributed by atoms with Crippen molar-refractivity contribution in [2.75, 3.05) is 6.61 Å². The highest BCUT2D eigenvalue weighted by Crippen LogP contribution is 2.36. The van der Waals surface area contributed by atoms with Gasteiger partial charge < -0.3 is 9.47 Å². The SMILES string of the molecule is C1=CC2C=CC1C2OC1CCCCO1. The topological polar surface area (TPSA) is 18.5 Å². The maximum atomic E-state index is 5.99. The third-order valence-corrected chi connectivity index (χ3v) is 3.32. The summed E-state index contributed by atoms with van der Waals surface area (Å²) >= 11 is 0. The Morgan fingerprint density at radius 1 is 1.00 bits per heavy atom. The summed E-state index contributed by atoms with van der Waals surface area (Å²) in [6.07, 6.45) is 12.9. The van der Waals surface area contributed by atoms with Gasteiger partial charge in [-0.1, -0.05) is 24.3 Å². The van der Waals surface area contributed by atoms with Gasteiger partial charge in [0.05, 0.1) is 6.10 Å². The van der Waals surface area contributed by atoms with E-state index in [2.05, 4.69) is 24.3 Å². The van der Waals surface area contributed by atoms with Crippen LogP contribution in [0.25, 0.3) is 0 Å². The van der Waals surface area contributed by atoms with Crippen LogP contribution < -0.4 is 0 Å². The third-order valence-electron chi connectivity index (χ3n) is 3.32. The summed E-state index contributed by atoms with van der Waals surface area (Å²) in [7, 11) is 0. The Morgan fingerprint density at radius 3 is 2.29 bits per heavy atom. The fraction of sp³-hybridized carbons (Fsp3) is 0.667. The van der Waals surface area contributed by atoms with Gasteiger partial charge >= 0.3 is 0 Å². The van der Waals surface area contributed by atoms with E-state index in [1.807, 2.05) is 0 Å². The first kappa shape index (κ1) is 8.69. The van der Waals surface area contributed by atoms with Crippen molar-refractivity contribution < 1.29 is 9.47 Å². The van der Waals surface area contributed by atoms with Gasteiger partial charge in [0.2, 0.25) is 0 Å². The Labute approximate surface area is 84.6 Å². The zero-order valence-corrected chi connectivity index (χ0v) is 8.26. The highest BCUT2D eigenvalue weighted by Gasteiger charge is 2.36. The molecular formula is C12H16O2. The Bertz CT molecular complexity index is 233. The largest absolute Gasteiger partial charge is 0.353 e. The lowest BCUT2D eigenvalue weighted by Crippen LogP contribution is -2.30. The summed E-state index contributed by atoms with van der Waals surface area (Å²) < 4.78 is 11.6. The van der Waals surface area contributed by atoms with Crippen molar-refractivity contribution in [3.05, 3.63) is 24.3 Å². The van der Waals surface area contributed by atoms with Crippen molar-refractivity contribution in [2.24, 2.45) is 11.8 Å². The third kappa shape index (κ3) is 1.43. The minimum atomic E-state index is 0.0542. The van der Waals surface area contributed by atoms with Gasteiger partial charge in [-0.15, -0.1) is 0 Å². The van der Waals surface area contributed by atoms with Gasteiger partial charge in [-0.25, -0.2) is 0 Å².